The summed E-state index contributed by atoms with van der Waals surface area (Å²) in [5, 5.41) is 37.6. The van der Waals surface area contributed by atoms with Gasteiger partial charge in [-0.25, -0.2) is 9.97 Å². The molecule has 23 heavy (non-hydrogen) atoms. The summed E-state index contributed by atoms with van der Waals surface area (Å²) in [6.45, 7) is 0. The van der Waals surface area contributed by atoms with Crippen molar-refractivity contribution in [1.82, 2.24) is 19.9 Å². The molecule has 2 atom stereocenters. The zero-order valence-electron chi connectivity index (χ0n) is 11.6. The monoisotopic (exact) mass is 369 g/mol. The molecule has 10 nitrogen and oxygen atoms in total. The molecule has 0 aliphatic carbocycles. The van der Waals surface area contributed by atoms with Gasteiger partial charge in [-0.1, -0.05) is 0 Å². The molecular formula is C12H14CoN4O6. The summed E-state index contributed by atoms with van der Waals surface area (Å²) in [5.74, 6) is -2.96. The van der Waals surface area contributed by atoms with Gasteiger partial charge in [0, 0.05) is 25.2 Å². The number of nitrogens with zero attached hydrogens (tertiary/aromatic N) is 2. The van der Waals surface area contributed by atoms with Gasteiger partial charge in [0.2, 0.25) is 0 Å². The van der Waals surface area contributed by atoms with E-state index in [1.54, 1.807) is 0 Å². The van der Waals surface area contributed by atoms with Gasteiger partial charge in [-0.05, 0) is 0 Å². The first-order chi connectivity index (χ1) is 10.4. The average molecular weight is 369 g/mol. The Balaban J connectivity index is 0.000000403. The van der Waals surface area contributed by atoms with Crippen molar-refractivity contribution in [1.29, 1.82) is 0 Å². The largest absolute Gasteiger partial charge is 2.00 e. The van der Waals surface area contributed by atoms with E-state index in [-0.39, 0.29) is 29.6 Å². The Morgan fingerprint density at radius 1 is 0.957 bits per heavy atom. The van der Waals surface area contributed by atoms with Crippen LogP contribution in [-0.2, 0) is 39.2 Å². The van der Waals surface area contributed by atoms with E-state index in [4.69, 9.17) is 10.2 Å². The maximum Gasteiger partial charge on any atom is 2.00 e. The molecule has 4 N–H and O–H groups in total. The minimum absolute atomic E-state index is 0. The zero-order chi connectivity index (χ0) is 16.5. The molecule has 2 heterocycles. The van der Waals surface area contributed by atoms with E-state index in [1.807, 2.05) is 0 Å². The summed E-state index contributed by atoms with van der Waals surface area (Å²) < 4.78 is 0. The van der Waals surface area contributed by atoms with E-state index < -0.39 is 24.1 Å². The van der Waals surface area contributed by atoms with Crippen molar-refractivity contribution in [2.75, 3.05) is 0 Å². The number of H-pyrrole nitrogens is 2. The molecule has 0 aromatic carbocycles. The number of carbonyl (C=O) groups is 2. The van der Waals surface area contributed by atoms with Gasteiger partial charge in [-0.15, -0.1) is 0 Å². The number of imidazole rings is 2. The van der Waals surface area contributed by atoms with Crippen LogP contribution in [-0.4, -0.2) is 54.3 Å². The topological polar surface area (TPSA) is 178 Å². The molecule has 0 aliphatic rings. The van der Waals surface area contributed by atoms with Gasteiger partial charge in [0.1, 0.15) is 0 Å². The van der Waals surface area contributed by atoms with E-state index >= 15 is 0 Å². The SMILES string of the molecule is O=C([O-])[C@@H](O)Cc1c[nH]cn1.O=C([O-])[C@@H](O)Cc1c[nH]cn1.[Co+2]. The average Bonchev–Trinajstić information content (AvgIpc) is 3.12. The van der Waals surface area contributed by atoms with E-state index in [1.165, 1.54) is 25.0 Å². The van der Waals surface area contributed by atoms with Crippen LogP contribution >= 0.6 is 0 Å². The number of aliphatic hydroxyl groups excluding tert-OH is 2. The van der Waals surface area contributed by atoms with Crippen molar-refractivity contribution >= 4 is 11.9 Å². The van der Waals surface area contributed by atoms with Gasteiger partial charge in [-0.3, -0.25) is 0 Å². The summed E-state index contributed by atoms with van der Waals surface area (Å²) in [6, 6.07) is 0. The molecule has 0 saturated carbocycles. The molecule has 2 rings (SSSR count). The number of carboxylic acid groups (broad SMARTS) is 2. The van der Waals surface area contributed by atoms with Crippen molar-refractivity contribution in [2.45, 2.75) is 25.0 Å². The van der Waals surface area contributed by atoms with Crippen LogP contribution < -0.4 is 10.2 Å². The summed E-state index contributed by atoms with van der Waals surface area (Å²) in [5.41, 5.74) is 1.00. The molecule has 0 bridgehead atoms. The normalized spacial score (nSPS) is 12.3. The van der Waals surface area contributed by atoms with Crippen molar-refractivity contribution in [3.63, 3.8) is 0 Å². The molecule has 0 aliphatic heterocycles. The second-order valence-corrected chi connectivity index (χ2v) is 4.20. The van der Waals surface area contributed by atoms with Crippen LogP contribution in [0.2, 0.25) is 0 Å². The molecular weight excluding hydrogens is 355 g/mol. The fraction of sp³-hybridized carbons (Fsp3) is 0.333. The summed E-state index contributed by atoms with van der Waals surface area (Å²) in [7, 11) is 0. The van der Waals surface area contributed by atoms with Crippen LogP contribution in [0.25, 0.3) is 0 Å². The van der Waals surface area contributed by atoms with E-state index in [0.29, 0.717) is 11.4 Å². The molecule has 0 unspecified atom stereocenters. The Kier molecular flexibility index (Phi) is 9.49. The molecule has 127 valence electrons. The molecule has 11 heteroatoms. The standard InChI is InChI=1S/2C6H8N2O3.Co/c2*9-5(6(10)11)1-4-2-7-3-8-4;/h2*2-3,5,9H,1H2,(H,7,8)(H,10,11);/q;;+2/p-2/t2*5-;/m00./s1. The van der Waals surface area contributed by atoms with Gasteiger partial charge in [0.25, 0.3) is 0 Å². The van der Waals surface area contributed by atoms with E-state index in [2.05, 4.69) is 19.9 Å². The molecule has 0 fully saturated rings. The fourth-order valence-electron chi connectivity index (χ4n) is 1.37. The Morgan fingerprint density at radius 2 is 1.30 bits per heavy atom. The van der Waals surface area contributed by atoms with E-state index in [0.717, 1.165) is 0 Å². The van der Waals surface area contributed by atoms with Gasteiger partial charge in [-0.2, -0.15) is 0 Å². The van der Waals surface area contributed by atoms with Gasteiger partial charge in [0.05, 0.1) is 48.2 Å². The summed E-state index contributed by atoms with van der Waals surface area (Å²) in [6.07, 6.45) is 2.88. The summed E-state index contributed by atoms with van der Waals surface area (Å²) in [4.78, 5) is 32.8. The zero-order valence-corrected chi connectivity index (χ0v) is 12.7. The van der Waals surface area contributed by atoms with Crippen LogP contribution in [0.1, 0.15) is 11.4 Å². The number of nitrogens with one attached hydrogen (secondary N) is 2. The predicted octanol–water partition coefficient (Wildman–Crippen LogP) is -3.88. The molecule has 2 aromatic rings. The molecule has 1 radical (unpaired) electrons. The minimum Gasteiger partial charge on any atom is -0.547 e. The number of aliphatic hydroxyl groups is 2. The maximum absolute atomic E-state index is 10.0. The smallest absolute Gasteiger partial charge is 0.547 e. The minimum atomic E-state index is -1.48. The number of carboxylic acids is 2. The first-order valence-electron chi connectivity index (χ1n) is 6.13. The Bertz CT molecular complexity index is 522. The van der Waals surface area contributed by atoms with Crippen LogP contribution in [0.3, 0.4) is 0 Å². The Hall–Kier alpha value is -2.21. The number of rotatable bonds is 6. The Labute approximate surface area is 140 Å². The number of hydrogen-bond acceptors (Lipinski definition) is 8. The van der Waals surface area contributed by atoms with Crippen molar-refractivity contribution in [2.24, 2.45) is 0 Å². The third kappa shape index (κ3) is 8.11. The number of aliphatic carboxylic acids is 2. The van der Waals surface area contributed by atoms with Gasteiger partial charge < -0.3 is 40.0 Å². The van der Waals surface area contributed by atoms with E-state index in [9.17, 15) is 19.8 Å². The molecule has 0 saturated heterocycles. The third-order valence-corrected chi connectivity index (χ3v) is 2.46. The van der Waals surface area contributed by atoms with Gasteiger partial charge in [0.15, 0.2) is 0 Å². The van der Waals surface area contributed by atoms with Crippen LogP contribution in [0.15, 0.2) is 25.0 Å². The number of carbonyl (C=O) groups excluding carboxylic acids is 2. The van der Waals surface area contributed by atoms with Crippen LogP contribution in [0, 0.1) is 0 Å². The number of aromatic nitrogens is 4. The first kappa shape index (κ1) is 20.8. The number of aromatic amines is 2. The summed E-state index contributed by atoms with van der Waals surface area (Å²) >= 11 is 0. The predicted molar refractivity (Wildman–Crippen MR) is 66.6 cm³/mol. The van der Waals surface area contributed by atoms with Gasteiger partial charge >= 0.3 is 16.8 Å². The molecule has 0 spiro atoms. The Morgan fingerprint density at radius 3 is 1.52 bits per heavy atom. The molecule has 0 amide bonds. The van der Waals surface area contributed by atoms with Crippen molar-refractivity contribution < 1.29 is 46.8 Å². The van der Waals surface area contributed by atoms with Crippen molar-refractivity contribution in [3.8, 4) is 0 Å². The second kappa shape index (κ2) is 10.5. The van der Waals surface area contributed by atoms with Crippen LogP contribution in [0.4, 0.5) is 0 Å². The fourth-order valence-corrected chi connectivity index (χ4v) is 1.37. The number of hydrogen-bond donors (Lipinski definition) is 4. The first-order valence-corrected chi connectivity index (χ1v) is 6.13. The molecule has 2 aromatic heterocycles. The third-order valence-electron chi connectivity index (χ3n) is 2.46. The van der Waals surface area contributed by atoms with Crippen LogP contribution in [0.5, 0.6) is 0 Å². The second-order valence-electron chi connectivity index (χ2n) is 4.20. The van der Waals surface area contributed by atoms with Crippen molar-refractivity contribution in [3.05, 3.63) is 36.4 Å². The maximum atomic E-state index is 10.0. The quantitative estimate of drug-likeness (QED) is 0.399.